The zero-order valence-corrected chi connectivity index (χ0v) is 14.2. The van der Waals surface area contributed by atoms with Gasteiger partial charge in [-0.15, -0.1) is 11.8 Å². The van der Waals surface area contributed by atoms with E-state index < -0.39 is 5.97 Å². The molecule has 2 aromatic rings. The number of carbonyl (C=O) groups is 2. The molecule has 0 spiro atoms. The SMILES string of the molecule is COC(=O)c1ccc(COC(=O)CSc2ccc3c(c2)CCC3)o1. The van der Waals surface area contributed by atoms with Crippen molar-refractivity contribution in [3.05, 3.63) is 53.0 Å². The lowest BCUT2D eigenvalue weighted by molar-refractivity contribution is -0.142. The maximum atomic E-state index is 11.8. The second-order valence-corrected chi connectivity index (χ2v) is 6.54. The highest BCUT2D eigenvalue weighted by molar-refractivity contribution is 8.00. The molecule has 0 bridgehead atoms. The molecule has 0 saturated carbocycles. The van der Waals surface area contributed by atoms with Crippen LogP contribution in [0.4, 0.5) is 0 Å². The number of hydrogen-bond acceptors (Lipinski definition) is 6. The van der Waals surface area contributed by atoms with E-state index in [-0.39, 0.29) is 24.1 Å². The molecule has 1 aromatic heterocycles. The van der Waals surface area contributed by atoms with Gasteiger partial charge in [-0.05, 0) is 54.7 Å². The number of thioether (sulfide) groups is 1. The van der Waals surface area contributed by atoms with Crippen molar-refractivity contribution in [1.82, 2.24) is 0 Å². The quantitative estimate of drug-likeness (QED) is 0.590. The van der Waals surface area contributed by atoms with Crippen LogP contribution in [0, 0.1) is 0 Å². The van der Waals surface area contributed by atoms with Gasteiger partial charge in [0, 0.05) is 4.90 Å². The third-order valence-electron chi connectivity index (χ3n) is 3.85. The van der Waals surface area contributed by atoms with Gasteiger partial charge in [0.05, 0.1) is 12.9 Å². The summed E-state index contributed by atoms with van der Waals surface area (Å²) in [5.74, 6) is -0.137. The van der Waals surface area contributed by atoms with Crippen LogP contribution in [0.1, 0.15) is 33.9 Å². The average Bonchev–Trinajstić information content (AvgIpc) is 3.26. The molecule has 0 N–H and O–H groups in total. The Kier molecular flexibility index (Phi) is 5.25. The number of fused-ring (bicyclic) bond motifs is 1. The van der Waals surface area contributed by atoms with Gasteiger partial charge in [-0.1, -0.05) is 6.07 Å². The minimum atomic E-state index is -0.556. The Morgan fingerprint density at radius 1 is 1.17 bits per heavy atom. The Morgan fingerprint density at radius 3 is 2.83 bits per heavy atom. The fraction of sp³-hybridized carbons (Fsp3) is 0.333. The Hall–Kier alpha value is -2.21. The number of benzene rings is 1. The largest absolute Gasteiger partial charge is 0.463 e. The second-order valence-electron chi connectivity index (χ2n) is 5.49. The third-order valence-corrected chi connectivity index (χ3v) is 4.82. The molecular weight excluding hydrogens is 328 g/mol. The second kappa shape index (κ2) is 7.57. The Bertz CT molecular complexity index is 750. The van der Waals surface area contributed by atoms with E-state index in [0.717, 1.165) is 17.7 Å². The van der Waals surface area contributed by atoms with Crippen molar-refractivity contribution in [1.29, 1.82) is 0 Å². The molecule has 0 unspecified atom stereocenters. The van der Waals surface area contributed by atoms with Gasteiger partial charge < -0.3 is 13.9 Å². The summed E-state index contributed by atoms with van der Waals surface area (Å²) in [5.41, 5.74) is 2.81. The van der Waals surface area contributed by atoms with Gasteiger partial charge >= 0.3 is 11.9 Å². The number of furan rings is 1. The Balaban J connectivity index is 1.46. The molecule has 1 aliphatic rings. The van der Waals surface area contributed by atoms with Gasteiger partial charge in [0.2, 0.25) is 5.76 Å². The highest BCUT2D eigenvalue weighted by atomic mass is 32.2. The van der Waals surface area contributed by atoms with E-state index in [9.17, 15) is 9.59 Å². The smallest absolute Gasteiger partial charge is 0.373 e. The van der Waals surface area contributed by atoms with E-state index in [1.54, 1.807) is 6.07 Å². The van der Waals surface area contributed by atoms with Crippen LogP contribution in [-0.4, -0.2) is 24.8 Å². The average molecular weight is 346 g/mol. The van der Waals surface area contributed by atoms with E-state index in [4.69, 9.17) is 9.15 Å². The summed E-state index contributed by atoms with van der Waals surface area (Å²) in [4.78, 5) is 24.2. The molecule has 0 fully saturated rings. The van der Waals surface area contributed by atoms with Gasteiger partial charge in [0.1, 0.15) is 12.4 Å². The molecule has 126 valence electrons. The molecule has 1 heterocycles. The number of hydrogen-bond donors (Lipinski definition) is 0. The first-order valence-electron chi connectivity index (χ1n) is 7.73. The van der Waals surface area contributed by atoms with E-state index in [0.29, 0.717) is 5.76 Å². The molecule has 0 amide bonds. The van der Waals surface area contributed by atoms with E-state index in [1.165, 1.54) is 42.5 Å². The van der Waals surface area contributed by atoms with Gasteiger partial charge in [0.25, 0.3) is 0 Å². The highest BCUT2D eigenvalue weighted by Gasteiger charge is 2.14. The third kappa shape index (κ3) is 4.00. The molecule has 24 heavy (non-hydrogen) atoms. The molecule has 0 saturated heterocycles. The predicted octanol–water partition coefficient (Wildman–Crippen LogP) is 3.39. The van der Waals surface area contributed by atoms with Crippen LogP contribution >= 0.6 is 11.8 Å². The molecule has 6 heteroatoms. The van der Waals surface area contributed by atoms with Crippen LogP contribution in [-0.2, 0) is 33.7 Å². The minimum absolute atomic E-state index is 0.000571. The molecule has 5 nitrogen and oxygen atoms in total. The first-order chi connectivity index (χ1) is 11.7. The number of aryl methyl sites for hydroxylation is 2. The lowest BCUT2D eigenvalue weighted by atomic mass is 10.1. The molecule has 0 atom stereocenters. The Morgan fingerprint density at radius 2 is 2.00 bits per heavy atom. The van der Waals surface area contributed by atoms with Crippen molar-refractivity contribution in [3.8, 4) is 0 Å². The van der Waals surface area contributed by atoms with Crippen LogP contribution in [0.2, 0.25) is 0 Å². The fourth-order valence-electron chi connectivity index (χ4n) is 2.64. The van der Waals surface area contributed by atoms with Crippen LogP contribution in [0.5, 0.6) is 0 Å². The summed E-state index contributed by atoms with van der Waals surface area (Å²) in [5, 5.41) is 0. The Labute approximate surface area is 144 Å². The molecular formula is C18H18O5S. The topological polar surface area (TPSA) is 65.7 Å². The molecule has 1 aromatic carbocycles. The van der Waals surface area contributed by atoms with E-state index in [2.05, 4.69) is 22.9 Å². The van der Waals surface area contributed by atoms with Crippen LogP contribution in [0.3, 0.4) is 0 Å². The van der Waals surface area contributed by atoms with Crippen molar-refractivity contribution in [2.75, 3.05) is 12.9 Å². The van der Waals surface area contributed by atoms with Gasteiger partial charge in [-0.2, -0.15) is 0 Å². The van der Waals surface area contributed by atoms with Gasteiger partial charge in [-0.3, -0.25) is 4.79 Å². The first kappa shape index (κ1) is 16.6. The zero-order chi connectivity index (χ0) is 16.9. The highest BCUT2D eigenvalue weighted by Crippen LogP contribution is 2.27. The minimum Gasteiger partial charge on any atom is -0.463 e. The number of methoxy groups -OCH3 is 1. The fourth-order valence-corrected chi connectivity index (χ4v) is 3.40. The normalized spacial score (nSPS) is 12.7. The zero-order valence-electron chi connectivity index (χ0n) is 13.4. The first-order valence-corrected chi connectivity index (χ1v) is 8.71. The summed E-state index contributed by atoms with van der Waals surface area (Å²) >= 11 is 1.46. The summed E-state index contributed by atoms with van der Waals surface area (Å²) in [6.07, 6.45) is 3.48. The lowest BCUT2D eigenvalue weighted by Gasteiger charge is -2.05. The standard InChI is InChI=1S/C18H18O5S/c1-21-18(20)16-8-6-14(23-16)10-22-17(19)11-24-15-7-5-12-3-2-4-13(12)9-15/h5-9H,2-4,10-11H2,1H3. The molecule has 1 aliphatic carbocycles. The lowest BCUT2D eigenvalue weighted by Crippen LogP contribution is -2.07. The van der Waals surface area contributed by atoms with Crippen LogP contribution in [0.25, 0.3) is 0 Å². The number of ether oxygens (including phenoxy) is 2. The van der Waals surface area contributed by atoms with Gasteiger partial charge in [-0.25, -0.2) is 4.79 Å². The van der Waals surface area contributed by atoms with Crippen molar-refractivity contribution < 1.29 is 23.5 Å². The van der Waals surface area contributed by atoms with Gasteiger partial charge in [0.15, 0.2) is 0 Å². The number of carbonyl (C=O) groups excluding carboxylic acids is 2. The van der Waals surface area contributed by atoms with E-state index in [1.807, 2.05) is 0 Å². The maximum absolute atomic E-state index is 11.8. The summed E-state index contributed by atoms with van der Waals surface area (Å²) in [6, 6.07) is 9.45. The van der Waals surface area contributed by atoms with Crippen molar-refractivity contribution >= 4 is 23.7 Å². The summed E-state index contributed by atoms with van der Waals surface area (Å²) in [6.45, 7) is 0.000571. The maximum Gasteiger partial charge on any atom is 0.373 e. The van der Waals surface area contributed by atoms with Crippen molar-refractivity contribution in [3.63, 3.8) is 0 Å². The van der Waals surface area contributed by atoms with Crippen LogP contribution < -0.4 is 0 Å². The summed E-state index contributed by atoms with van der Waals surface area (Å²) in [7, 11) is 1.28. The number of rotatable bonds is 6. The van der Waals surface area contributed by atoms with E-state index >= 15 is 0 Å². The number of esters is 2. The van der Waals surface area contributed by atoms with Crippen molar-refractivity contribution in [2.45, 2.75) is 30.8 Å². The molecule has 3 rings (SSSR count). The predicted molar refractivity (Wildman–Crippen MR) is 89.0 cm³/mol. The summed E-state index contributed by atoms with van der Waals surface area (Å²) < 4.78 is 15.0. The monoisotopic (exact) mass is 346 g/mol. The molecule has 0 radical (unpaired) electrons. The van der Waals surface area contributed by atoms with Crippen LogP contribution in [0.15, 0.2) is 39.6 Å². The van der Waals surface area contributed by atoms with Crippen molar-refractivity contribution in [2.24, 2.45) is 0 Å². The molecule has 0 aliphatic heterocycles.